The number of aryl methyl sites for hydroxylation is 1. The summed E-state index contributed by atoms with van der Waals surface area (Å²) in [5.74, 6) is -0.419. The molecule has 0 radical (unpaired) electrons. The molecular formula is C23H24ClN3O3S. The maximum Gasteiger partial charge on any atom is 0.260 e. The van der Waals surface area contributed by atoms with Crippen molar-refractivity contribution in [3.63, 3.8) is 0 Å². The molecule has 2 aromatic carbocycles. The highest BCUT2D eigenvalue weighted by atomic mass is 35.5. The zero-order chi connectivity index (χ0) is 22.0. The van der Waals surface area contributed by atoms with Crippen molar-refractivity contribution in [1.29, 1.82) is 0 Å². The number of rotatable bonds is 6. The van der Waals surface area contributed by atoms with E-state index in [2.05, 4.69) is 10.4 Å². The van der Waals surface area contributed by atoms with Crippen molar-refractivity contribution in [3.8, 4) is 0 Å². The van der Waals surface area contributed by atoms with Gasteiger partial charge in [-0.2, -0.15) is 5.10 Å². The van der Waals surface area contributed by atoms with Gasteiger partial charge >= 0.3 is 0 Å². The summed E-state index contributed by atoms with van der Waals surface area (Å²) >= 11 is 6.47. The molecule has 31 heavy (non-hydrogen) atoms. The Hall–Kier alpha value is -2.64. The van der Waals surface area contributed by atoms with Crippen molar-refractivity contribution in [3.05, 3.63) is 76.6 Å². The Morgan fingerprint density at radius 2 is 1.84 bits per heavy atom. The van der Waals surface area contributed by atoms with Crippen molar-refractivity contribution in [2.75, 3.05) is 5.32 Å². The van der Waals surface area contributed by atoms with Gasteiger partial charge in [-0.25, -0.2) is 13.1 Å². The van der Waals surface area contributed by atoms with Gasteiger partial charge in [-0.1, -0.05) is 60.8 Å². The number of amides is 1. The summed E-state index contributed by atoms with van der Waals surface area (Å²) in [6.07, 6.45) is 3.25. The first kappa shape index (κ1) is 21.6. The predicted molar refractivity (Wildman–Crippen MR) is 121 cm³/mol. The molecule has 0 saturated heterocycles. The van der Waals surface area contributed by atoms with Crippen LogP contribution < -0.4 is 5.32 Å². The van der Waals surface area contributed by atoms with Gasteiger partial charge in [0.25, 0.3) is 5.91 Å². The molecule has 162 valence electrons. The topological polar surface area (TPSA) is 81.1 Å². The van der Waals surface area contributed by atoms with Crippen LogP contribution in [-0.2, 0) is 16.4 Å². The third-order valence-corrected chi connectivity index (χ3v) is 8.27. The molecule has 0 unspecified atom stereocenters. The lowest BCUT2D eigenvalue weighted by Gasteiger charge is -2.12. The monoisotopic (exact) mass is 457 g/mol. The van der Waals surface area contributed by atoms with E-state index in [1.807, 2.05) is 30.3 Å². The van der Waals surface area contributed by atoms with Crippen LogP contribution in [0.4, 0.5) is 5.69 Å². The molecule has 6 nitrogen and oxygen atoms in total. The summed E-state index contributed by atoms with van der Waals surface area (Å²) in [5.41, 5.74) is 2.22. The lowest BCUT2D eigenvalue weighted by atomic mass is 10.2. The third-order valence-electron chi connectivity index (χ3n) is 5.63. The number of hydrogen-bond acceptors (Lipinski definition) is 4. The number of anilines is 1. The van der Waals surface area contributed by atoms with Crippen molar-refractivity contribution in [2.45, 2.75) is 49.3 Å². The van der Waals surface area contributed by atoms with Gasteiger partial charge in [0.15, 0.2) is 9.84 Å². The lowest BCUT2D eigenvalue weighted by Crippen LogP contribution is -2.18. The number of halogens is 1. The lowest BCUT2D eigenvalue weighted by molar-refractivity contribution is 0.102. The van der Waals surface area contributed by atoms with E-state index in [0.29, 0.717) is 30.8 Å². The first-order valence-corrected chi connectivity index (χ1v) is 12.2. The molecule has 1 aliphatic rings. The van der Waals surface area contributed by atoms with Crippen LogP contribution in [0.15, 0.2) is 59.5 Å². The van der Waals surface area contributed by atoms with E-state index >= 15 is 0 Å². The first-order chi connectivity index (χ1) is 14.9. The molecule has 8 heteroatoms. The molecule has 1 heterocycles. The standard InChI is InChI=1S/C23H24ClN3O3S/c1-16-21(22(24)27(26-16)15-17-8-3-2-4-9-17)23(28)25-18-10-7-13-20(14-18)31(29,30)19-11-5-6-12-19/h2-4,7-10,13-14,19H,5-6,11-12,15H2,1H3,(H,25,28). The van der Waals surface area contributed by atoms with Gasteiger partial charge in [0.1, 0.15) is 5.15 Å². The van der Waals surface area contributed by atoms with Gasteiger partial charge in [-0.3, -0.25) is 4.79 Å². The Bertz CT molecular complexity index is 1200. The molecule has 1 N–H and O–H groups in total. The Morgan fingerprint density at radius 1 is 1.13 bits per heavy atom. The second kappa shape index (κ2) is 8.85. The highest BCUT2D eigenvalue weighted by Gasteiger charge is 2.30. The minimum absolute atomic E-state index is 0.236. The number of nitrogens with one attached hydrogen (secondary N) is 1. The van der Waals surface area contributed by atoms with Crippen molar-refractivity contribution in [2.24, 2.45) is 0 Å². The summed E-state index contributed by atoms with van der Waals surface area (Å²) in [6, 6.07) is 16.1. The highest BCUT2D eigenvalue weighted by Crippen LogP contribution is 2.31. The largest absolute Gasteiger partial charge is 0.322 e. The van der Waals surface area contributed by atoms with Crippen LogP contribution in [0.25, 0.3) is 0 Å². The molecule has 1 amide bonds. The normalized spacial score (nSPS) is 14.6. The van der Waals surface area contributed by atoms with Crippen molar-refractivity contribution < 1.29 is 13.2 Å². The molecule has 0 spiro atoms. The summed E-state index contributed by atoms with van der Waals surface area (Å²) in [4.78, 5) is 13.2. The van der Waals surface area contributed by atoms with Gasteiger partial charge < -0.3 is 5.32 Å². The van der Waals surface area contributed by atoms with Gasteiger partial charge in [0.2, 0.25) is 0 Å². The summed E-state index contributed by atoms with van der Waals surface area (Å²) in [6.45, 7) is 2.17. The van der Waals surface area contributed by atoms with Gasteiger partial charge in [-0.15, -0.1) is 0 Å². The van der Waals surface area contributed by atoms with Crippen LogP contribution in [0.1, 0.15) is 47.3 Å². The number of nitrogens with zero attached hydrogens (tertiary/aromatic N) is 2. The Balaban J connectivity index is 1.55. The SMILES string of the molecule is Cc1nn(Cc2ccccc2)c(Cl)c1C(=O)Nc1cccc(S(=O)(=O)C2CCCC2)c1. The van der Waals surface area contributed by atoms with Crippen LogP contribution >= 0.6 is 11.6 Å². The molecule has 1 aliphatic carbocycles. The summed E-state index contributed by atoms with van der Waals surface area (Å²) in [7, 11) is -3.40. The summed E-state index contributed by atoms with van der Waals surface area (Å²) < 4.78 is 27.3. The molecule has 3 aromatic rings. The second-order valence-corrected chi connectivity index (χ2v) is 10.4. The first-order valence-electron chi connectivity index (χ1n) is 10.3. The molecule has 0 aliphatic heterocycles. The average Bonchev–Trinajstić information content (AvgIpc) is 3.38. The molecule has 1 saturated carbocycles. The molecule has 0 bridgehead atoms. The molecule has 1 fully saturated rings. The third kappa shape index (κ3) is 4.52. The predicted octanol–water partition coefficient (Wildman–Crippen LogP) is 4.86. The Morgan fingerprint density at radius 3 is 2.55 bits per heavy atom. The zero-order valence-corrected chi connectivity index (χ0v) is 18.8. The maximum atomic E-state index is 12.9. The molecule has 0 atom stereocenters. The van der Waals surface area contributed by atoms with E-state index in [1.54, 1.807) is 29.8 Å². The number of sulfone groups is 1. The number of benzene rings is 2. The molecule has 4 rings (SSSR count). The minimum Gasteiger partial charge on any atom is -0.322 e. The zero-order valence-electron chi connectivity index (χ0n) is 17.2. The highest BCUT2D eigenvalue weighted by molar-refractivity contribution is 7.92. The fraction of sp³-hybridized carbons (Fsp3) is 0.304. The van der Waals surface area contributed by atoms with Crippen LogP contribution in [0.3, 0.4) is 0 Å². The molecular weight excluding hydrogens is 434 g/mol. The number of aromatic nitrogens is 2. The quantitative estimate of drug-likeness (QED) is 0.573. The smallest absolute Gasteiger partial charge is 0.260 e. The fourth-order valence-electron chi connectivity index (χ4n) is 4.01. The molecule has 1 aromatic heterocycles. The number of carbonyl (C=O) groups is 1. The van der Waals surface area contributed by atoms with E-state index in [1.165, 1.54) is 6.07 Å². The van der Waals surface area contributed by atoms with E-state index < -0.39 is 15.7 Å². The van der Waals surface area contributed by atoms with E-state index in [-0.39, 0.29) is 20.9 Å². The maximum absolute atomic E-state index is 12.9. The number of carbonyl (C=O) groups excluding carboxylic acids is 1. The van der Waals surface area contributed by atoms with E-state index in [0.717, 1.165) is 18.4 Å². The van der Waals surface area contributed by atoms with E-state index in [4.69, 9.17) is 11.6 Å². The fourth-order valence-corrected chi connectivity index (χ4v) is 6.23. The van der Waals surface area contributed by atoms with Crippen LogP contribution in [-0.4, -0.2) is 29.4 Å². The number of hydrogen-bond donors (Lipinski definition) is 1. The van der Waals surface area contributed by atoms with Gasteiger partial charge in [0.05, 0.1) is 27.9 Å². The Kier molecular flexibility index (Phi) is 6.16. The average molecular weight is 458 g/mol. The van der Waals surface area contributed by atoms with Crippen molar-refractivity contribution >= 4 is 33.0 Å². The van der Waals surface area contributed by atoms with E-state index in [9.17, 15) is 13.2 Å². The van der Waals surface area contributed by atoms with Crippen LogP contribution in [0.5, 0.6) is 0 Å². The second-order valence-electron chi connectivity index (χ2n) is 7.83. The van der Waals surface area contributed by atoms with Gasteiger partial charge in [-0.05, 0) is 43.5 Å². The Labute approximate surface area is 187 Å². The van der Waals surface area contributed by atoms with Crippen molar-refractivity contribution in [1.82, 2.24) is 9.78 Å². The van der Waals surface area contributed by atoms with Crippen LogP contribution in [0, 0.1) is 6.92 Å². The summed E-state index contributed by atoms with van der Waals surface area (Å²) in [5, 5.41) is 7.09. The van der Waals surface area contributed by atoms with Gasteiger partial charge in [0, 0.05) is 5.69 Å². The minimum atomic E-state index is -3.40. The van der Waals surface area contributed by atoms with Crippen LogP contribution in [0.2, 0.25) is 5.15 Å².